The number of ketones is 1. The molecule has 1 aliphatic carbocycles. The molecule has 8 heteroatoms. The van der Waals surface area contributed by atoms with E-state index in [0.29, 0.717) is 18.4 Å². The lowest BCUT2D eigenvalue weighted by atomic mass is 9.82. The van der Waals surface area contributed by atoms with E-state index in [-0.39, 0.29) is 10.6 Å². The van der Waals surface area contributed by atoms with Gasteiger partial charge in [-0.25, -0.2) is 5.01 Å². The molecule has 2 aromatic carbocycles. The number of hydrogen-bond acceptors (Lipinski definition) is 4. The SMILES string of the molecule is CC1=CC[C@@H]2C(=O)N(N(CC(=O)c3ccc(Br)cc3)C(=O)c3ccccc3Cl)C(=O)[C@@H]2C1. The lowest BCUT2D eigenvalue weighted by Gasteiger charge is -2.30. The van der Waals surface area contributed by atoms with Crippen LogP contribution in [0.25, 0.3) is 0 Å². The molecule has 1 fully saturated rings. The molecule has 4 rings (SSSR count). The fraction of sp³-hybridized carbons (Fsp3) is 0.250. The van der Waals surface area contributed by atoms with Crippen molar-refractivity contribution in [2.45, 2.75) is 19.8 Å². The maximum Gasteiger partial charge on any atom is 0.274 e. The van der Waals surface area contributed by atoms with Crippen molar-refractivity contribution in [3.05, 3.63) is 80.8 Å². The predicted octanol–water partition coefficient (Wildman–Crippen LogP) is 4.68. The molecule has 1 saturated heterocycles. The third-order valence-electron chi connectivity index (χ3n) is 5.84. The number of carbonyl (C=O) groups excluding carboxylic acids is 4. The van der Waals surface area contributed by atoms with E-state index in [4.69, 9.17) is 11.6 Å². The van der Waals surface area contributed by atoms with Gasteiger partial charge in [0.25, 0.3) is 17.7 Å². The van der Waals surface area contributed by atoms with Crippen molar-refractivity contribution in [1.82, 2.24) is 10.0 Å². The third kappa shape index (κ3) is 4.14. The van der Waals surface area contributed by atoms with E-state index in [1.807, 2.05) is 13.0 Å². The smallest absolute Gasteiger partial charge is 0.274 e. The molecular weight excluding hydrogens is 496 g/mol. The Bertz CT molecular complexity index is 1140. The van der Waals surface area contributed by atoms with Gasteiger partial charge in [-0.05, 0) is 44.0 Å². The molecule has 2 atom stereocenters. The minimum Gasteiger partial charge on any atom is -0.292 e. The highest BCUT2D eigenvalue weighted by Gasteiger charge is 2.51. The van der Waals surface area contributed by atoms with Crippen molar-refractivity contribution in [3.63, 3.8) is 0 Å². The molecule has 32 heavy (non-hydrogen) atoms. The molecule has 6 nitrogen and oxygen atoms in total. The van der Waals surface area contributed by atoms with Crippen LogP contribution >= 0.6 is 27.5 Å². The van der Waals surface area contributed by atoms with Gasteiger partial charge < -0.3 is 0 Å². The van der Waals surface area contributed by atoms with Gasteiger partial charge in [-0.2, -0.15) is 5.01 Å². The van der Waals surface area contributed by atoms with Gasteiger partial charge in [0.2, 0.25) is 0 Å². The second kappa shape index (κ2) is 9.00. The van der Waals surface area contributed by atoms with E-state index < -0.39 is 41.9 Å². The Hall–Kier alpha value is -2.77. The quantitative estimate of drug-likeness (QED) is 0.329. The first kappa shape index (κ1) is 22.4. The van der Waals surface area contributed by atoms with E-state index in [2.05, 4.69) is 15.9 Å². The molecule has 0 N–H and O–H groups in total. The molecule has 3 amide bonds. The highest BCUT2D eigenvalue weighted by Crippen LogP contribution is 2.38. The summed E-state index contributed by atoms with van der Waals surface area (Å²) in [4.78, 5) is 52.9. The molecule has 0 aromatic heterocycles. The van der Waals surface area contributed by atoms with E-state index in [1.54, 1.807) is 42.5 Å². The number of nitrogens with zero attached hydrogens (tertiary/aromatic N) is 2. The van der Waals surface area contributed by atoms with Crippen molar-refractivity contribution in [2.24, 2.45) is 11.8 Å². The summed E-state index contributed by atoms with van der Waals surface area (Å²) in [5, 5.41) is 1.99. The first-order valence-electron chi connectivity index (χ1n) is 10.2. The number of hydrogen-bond donors (Lipinski definition) is 0. The molecular formula is C24H20BrClN2O4. The van der Waals surface area contributed by atoms with Crippen molar-refractivity contribution >= 4 is 51.0 Å². The van der Waals surface area contributed by atoms with Crippen LogP contribution in [0.1, 0.15) is 40.5 Å². The van der Waals surface area contributed by atoms with E-state index in [9.17, 15) is 19.2 Å². The first-order chi connectivity index (χ1) is 15.3. The minimum atomic E-state index is -0.675. The van der Waals surface area contributed by atoms with Crippen LogP contribution < -0.4 is 0 Å². The van der Waals surface area contributed by atoms with Crippen molar-refractivity contribution < 1.29 is 19.2 Å². The van der Waals surface area contributed by atoms with E-state index in [0.717, 1.165) is 20.1 Å². The van der Waals surface area contributed by atoms with Gasteiger partial charge >= 0.3 is 0 Å². The van der Waals surface area contributed by atoms with Crippen LogP contribution in [-0.2, 0) is 9.59 Å². The van der Waals surface area contributed by atoms with Crippen LogP contribution in [0.5, 0.6) is 0 Å². The summed E-state index contributed by atoms with van der Waals surface area (Å²) in [6, 6.07) is 13.0. The Labute approximate surface area is 198 Å². The zero-order chi connectivity index (χ0) is 23.0. The topological polar surface area (TPSA) is 74.8 Å². The standard InChI is InChI=1S/C24H20BrClN2O4/c1-14-6-11-17-19(12-14)24(32)28(23(17)31)27(22(30)18-4-2-3-5-20(18)26)13-21(29)15-7-9-16(25)10-8-15/h2-10,17,19H,11-13H2,1H3/t17-,19+/m0/s1. The monoisotopic (exact) mass is 514 g/mol. The Kier molecular flexibility index (Phi) is 6.31. The molecule has 2 aromatic rings. The second-order valence-electron chi connectivity index (χ2n) is 7.96. The highest BCUT2D eigenvalue weighted by molar-refractivity contribution is 9.10. The number of allylic oxidation sites excluding steroid dienone is 2. The summed E-state index contributed by atoms with van der Waals surface area (Å²) >= 11 is 9.54. The number of Topliss-reactive ketones (excluding diaryl/α,β-unsaturated/α-hetero) is 1. The molecule has 0 saturated carbocycles. The molecule has 0 unspecified atom stereocenters. The van der Waals surface area contributed by atoms with E-state index in [1.165, 1.54) is 6.07 Å². The van der Waals surface area contributed by atoms with Gasteiger partial charge in [0.05, 0.1) is 22.4 Å². The van der Waals surface area contributed by atoms with Gasteiger partial charge in [-0.3, -0.25) is 19.2 Å². The number of benzene rings is 2. The highest BCUT2D eigenvalue weighted by atomic mass is 79.9. The summed E-state index contributed by atoms with van der Waals surface area (Å²) in [5.41, 5.74) is 1.51. The number of halogens is 2. The molecule has 164 valence electrons. The summed E-state index contributed by atoms with van der Waals surface area (Å²) in [5.74, 6) is -3.06. The third-order valence-corrected chi connectivity index (χ3v) is 6.70. The van der Waals surface area contributed by atoms with Crippen molar-refractivity contribution in [3.8, 4) is 0 Å². The fourth-order valence-electron chi connectivity index (χ4n) is 4.13. The first-order valence-corrected chi connectivity index (χ1v) is 11.3. The Morgan fingerprint density at radius 1 is 1.06 bits per heavy atom. The second-order valence-corrected chi connectivity index (χ2v) is 9.29. The number of hydrazine groups is 1. The van der Waals surface area contributed by atoms with Crippen LogP contribution in [0.4, 0.5) is 0 Å². The molecule has 1 heterocycles. The maximum atomic E-state index is 13.5. The van der Waals surface area contributed by atoms with Crippen molar-refractivity contribution in [1.29, 1.82) is 0 Å². The van der Waals surface area contributed by atoms with Gasteiger partial charge in [0.1, 0.15) is 6.54 Å². The summed E-state index contributed by atoms with van der Waals surface area (Å²) in [6.45, 7) is 1.45. The summed E-state index contributed by atoms with van der Waals surface area (Å²) in [6.07, 6.45) is 2.84. The molecule has 1 aliphatic heterocycles. The zero-order valence-corrected chi connectivity index (χ0v) is 19.6. The number of rotatable bonds is 5. The Morgan fingerprint density at radius 2 is 1.72 bits per heavy atom. The number of imide groups is 1. The minimum absolute atomic E-state index is 0.113. The Morgan fingerprint density at radius 3 is 2.41 bits per heavy atom. The van der Waals surface area contributed by atoms with Gasteiger partial charge in [0, 0.05) is 10.0 Å². The average molecular weight is 516 g/mol. The molecule has 0 bridgehead atoms. The van der Waals surface area contributed by atoms with Crippen molar-refractivity contribution in [2.75, 3.05) is 6.54 Å². The Balaban J connectivity index is 1.71. The fourth-order valence-corrected chi connectivity index (χ4v) is 4.61. The zero-order valence-electron chi connectivity index (χ0n) is 17.3. The lowest BCUT2D eigenvalue weighted by molar-refractivity contribution is -0.154. The van der Waals surface area contributed by atoms with Gasteiger partial charge in [-0.1, -0.05) is 63.4 Å². The van der Waals surface area contributed by atoms with Crippen LogP contribution in [0.2, 0.25) is 5.02 Å². The molecule has 2 aliphatic rings. The van der Waals surface area contributed by atoms with Crippen LogP contribution in [0, 0.1) is 11.8 Å². The number of amides is 3. The normalized spacial score (nSPS) is 20.1. The van der Waals surface area contributed by atoms with Gasteiger partial charge in [-0.15, -0.1) is 0 Å². The largest absolute Gasteiger partial charge is 0.292 e. The van der Waals surface area contributed by atoms with Gasteiger partial charge in [0.15, 0.2) is 5.78 Å². The maximum absolute atomic E-state index is 13.5. The number of carbonyl (C=O) groups is 4. The summed E-state index contributed by atoms with van der Waals surface area (Å²) in [7, 11) is 0. The molecule has 0 radical (unpaired) electrons. The van der Waals surface area contributed by atoms with E-state index >= 15 is 0 Å². The predicted molar refractivity (Wildman–Crippen MR) is 123 cm³/mol. The van der Waals surface area contributed by atoms with Crippen LogP contribution in [-0.4, -0.2) is 40.1 Å². The summed E-state index contributed by atoms with van der Waals surface area (Å²) < 4.78 is 0.801. The molecule has 0 spiro atoms. The average Bonchev–Trinajstić information content (AvgIpc) is 3.01. The van der Waals surface area contributed by atoms with Crippen LogP contribution in [0.3, 0.4) is 0 Å². The van der Waals surface area contributed by atoms with Crippen LogP contribution in [0.15, 0.2) is 64.7 Å². The lowest BCUT2D eigenvalue weighted by Crippen LogP contribution is -2.52. The number of fused-ring (bicyclic) bond motifs is 1.